The van der Waals surface area contributed by atoms with Crippen molar-refractivity contribution in [1.29, 1.82) is 0 Å². The van der Waals surface area contributed by atoms with E-state index in [1.807, 2.05) is 0 Å². The van der Waals surface area contributed by atoms with Gasteiger partial charge in [-0.05, 0) is 52.0 Å². The van der Waals surface area contributed by atoms with E-state index in [2.05, 4.69) is 25.4 Å². The van der Waals surface area contributed by atoms with Crippen LogP contribution in [0.3, 0.4) is 0 Å². The van der Waals surface area contributed by atoms with E-state index < -0.39 is 29.3 Å². The Bertz CT molecular complexity index is 1060. The number of hydrogen-bond donors (Lipinski definition) is 1. The highest BCUT2D eigenvalue weighted by atomic mass is 19.4. The van der Waals surface area contributed by atoms with Crippen molar-refractivity contribution in [2.45, 2.75) is 45.5 Å². The van der Waals surface area contributed by atoms with Crippen molar-refractivity contribution in [3.05, 3.63) is 59.9 Å². The fourth-order valence-corrected chi connectivity index (χ4v) is 2.75. The molecule has 0 aliphatic carbocycles. The minimum absolute atomic E-state index is 0.0546. The van der Waals surface area contributed by atoms with E-state index in [1.54, 1.807) is 33.8 Å². The van der Waals surface area contributed by atoms with Crippen molar-refractivity contribution < 1.29 is 22.7 Å². The zero-order valence-corrected chi connectivity index (χ0v) is 17.3. The van der Waals surface area contributed by atoms with Crippen LogP contribution >= 0.6 is 0 Å². The van der Waals surface area contributed by atoms with Crippen LogP contribution in [0.25, 0.3) is 5.95 Å². The van der Waals surface area contributed by atoms with Crippen molar-refractivity contribution >= 4 is 5.91 Å². The van der Waals surface area contributed by atoms with Gasteiger partial charge in [0.05, 0.1) is 11.6 Å². The van der Waals surface area contributed by atoms with Crippen LogP contribution < -0.4 is 10.1 Å². The Hall–Kier alpha value is -3.50. The summed E-state index contributed by atoms with van der Waals surface area (Å²) < 4.78 is 46.9. The molecule has 1 amide bonds. The van der Waals surface area contributed by atoms with E-state index in [1.165, 1.54) is 29.5 Å². The summed E-state index contributed by atoms with van der Waals surface area (Å²) in [6.45, 7) is 6.73. The van der Waals surface area contributed by atoms with E-state index in [9.17, 15) is 18.0 Å². The molecule has 11 heteroatoms. The largest absolute Gasteiger partial charge is 0.488 e. The molecule has 2 heterocycles. The third-order valence-corrected chi connectivity index (χ3v) is 3.97. The Labute approximate surface area is 176 Å². The summed E-state index contributed by atoms with van der Waals surface area (Å²) in [6, 6.07) is 3.86. The molecule has 0 fully saturated rings. The van der Waals surface area contributed by atoms with Crippen molar-refractivity contribution in [2.24, 2.45) is 0 Å². The lowest BCUT2D eigenvalue weighted by Crippen LogP contribution is -2.29. The standard InChI is InChI=1S/C20H21F3N6O2/c1-12(16-26-11-27-29(16)18-24-6-5-7-25-18)28-17(30)13-8-14(20(21,22)23)10-15(9-13)31-19(2,3)4/h5-12H,1-4H3,(H,28,30). The molecule has 0 saturated heterocycles. The van der Waals surface area contributed by atoms with Crippen LogP contribution in [0.2, 0.25) is 0 Å². The van der Waals surface area contributed by atoms with Crippen LogP contribution in [-0.4, -0.2) is 36.2 Å². The second-order valence-electron chi connectivity index (χ2n) is 7.73. The number of benzene rings is 1. The maximum absolute atomic E-state index is 13.3. The van der Waals surface area contributed by atoms with Gasteiger partial charge in [-0.25, -0.2) is 15.0 Å². The predicted molar refractivity (Wildman–Crippen MR) is 105 cm³/mol. The Morgan fingerprint density at radius 3 is 2.39 bits per heavy atom. The minimum atomic E-state index is -4.64. The highest BCUT2D eigenvalue weighted by Crippen LogP contribution is 2.33. The highest BCUT2D eigenvalue weighted by molar-refractivity contribution is 5.95. The zero-order valence-electron chi connectivity index (χ0n) is 17.3. The second-order valence-corrected chi connectivity index (χ2v) is 7.73. The smallest absolute Gasteiger partial charge is 0.416 e. The first-order valence-electron chi connectivity index (χ1n) is 9.33. The van der Waals surface area contributed by atoms with Crippen LogP contribution in [0.1, 0.15) is 55.5 Å². The molecule has 8 nitrogen and oxygen atoms in total. The van der Waals surface area contributed by atoms with E-state index >= 15 is 0 Å². The molecular weight excluding hydrogens is 413 g/mol. The SMILES string of the molecule is CC(NC(=O)c1cc(OC(C)(C)C)cc(C(F)(F)F)c1)c1ncnn1-c1ncccn1. The number of carbonyl (C=O) groups is 1. The topological polar surface area (TPSA) is 94.8 Å². The lowest BCUT2D eigenvalue weighted by atomic mass is 10.1. The normalized spacial score (nSPS) is 13.0. The molecule has 0 bridgehead atoms. The molecule has 1 unspecified atom stereocenters. The molecule has 31 heavy (non-hydrogen) atoms. The van der Waals surface area contributed by atoms with Gasteiger partial charge in [-0.1, -0.05) is 0 Å². The molecule has 0 spiro atoms. The quantitative estimate of drug-likeness (QED) is 0.657. The Kier molecular flexibility index (Phi) is 5.96. The maximum Gasteiger partial charge on any atom is 0.416 e. The van der Waals surface area contributed by atoms with Crippen LogP contribution in [0, 0.1) is 0 Å². The number of nitrogens with zero attached hydrogens (tertiary/aromatic N) is 5. The van der Waals surface area contributed by atoms with Crippen LogP contribution in [-0.2, 0) is 6.18 Å². The molecule has 2 aromatic heterocycles. The van der Waals surface area contributed by atoms with Crippen molar-refractivity contribution in [3.63, 3.8) is 0 Å². The number of hydrogen-bond acceptors (Lipinski definition) is 6. The molecule has 164 valence electrons. The van der Waals surface area contributed by atoms with Crippen molar-refractivity contribution in [1.82, 2.24) is 30.0 Å². The first-order chi connectivity index (χ1) is 14.4. The van der Waals surface area contributed by atoms with Gasteiger partial charge >= 0.3 is 6.18 Å². The molecule has 0 aliphatic rings. The molecule has 0 radical (unpaired) electrons. The highest BCUT2D eigenvalue weighted by Gasteiger charge is 2.33. The minimum Gasteiger partial charge on any atom is -0.488 e. The lowest BCUT2D eigenvalue weighted by Gasteiger charge is -2.23. The summed E-state index contributed by atoms with van der Waals surface area (Å²) in [6.07, 6.45) is -0.316. The summed E-state index contributed by atoms with van der Waals surface area (Å²) >= 11 is 0. The predicted octanol–water partition coefficient (Wildman–Crippen LogP) is 3.74. The molecule has 1 N–H and O–H groups in total. The van der Waals surface area contributed by atoms with Gasteiger partial charge in [-0.15, -0.1) is 0 Å². The number of carbonyl (C=O) groups excluding carboxylic acids is 1. The van der Waals surface area contributed by atoms with Gasteiger partial charge in [0.2, 0.25) is 0 Å². The number of nitrogens with one attached hydrogen (secondary N) is 1. The van der Waals surface area contributed by atoms with Gasteiger partial charge in [0.25, 0.3) is 11.9 Å². The van der Waals surface area contributed by atoms with E-state index in [-0.39, 0.29) is 17.3 Å². The number of alkyl halides is 3. The third kappa shape index (κ3) is 5.56. The number of halogens is 3. The Morgan fingerprint density at radius 1 is 1.10 bits per heavy atom. The van der Waals surface area contributed by atoms with E-state index in [4.69, 9.17) is 4.74 Å². The van der Waals surface area contributed by atoms with Crippen LogP contribution in [0.5, 0.6) is 5.75 Å². The molecule has 1 aromatic carbocycles. The Balaban J connectivity index is 1.88. The molecule has 3 aromatic rings. The van der Waals surface area contributed by atoms with E-state index in [0.29, 0.717) is 5.82 Å². The van der Waals surface area contributed by atoms with Gasteiger partial charge in [0, 0.05) is 18.0 Å². The summed E-state index contributed by atoms with van der Waals surface area (Å²) in [5.74, 6) is -0.212. The number of rotatable bonds is 5. The number of amides is 1. The zero-order chi connectivity index (χ0) is 22.8. The summed E-state index contributed by atoms with van der Waals surface area (Å²) in [7, 11) is 0. The lowest BCUT2D eigenvalue weighted by molar-refractivity contribution is -0.137. The fourth-order valence-electron chi connectivity index (χ4n) is 2.75. The van der Waals surface area contributed by atoms with Crippen LogP contribution in [0.4, 0.5) is 13.2 Å². The average Bonchev–Trinajstić information content (AvgIpc) is 3.16. The van der Waals surface area contributed by atoms with Crippen LogP contribution in [0.15, 0.2) is 43.0 Å². The molecular formula is C20H21F3N6O2. The maximum atomic E-state index is 13.3. The van der Waals surface area contributed by atoms with Gasteiger partial charge < -0.3 is 10.1 Å². The Morgan fingerprint density at radius 2 is 1.77 bits per heavy atom. The second kappa shape index (κ2) is 8.32. The monoisotopic (exact) mass is 434 g/mol. The van der Waals surface area contributed by atoms with E-state index in [0.717, 1.165) is 12.1 Å². The van der Waals surface area contributed by atoms with Crippen molar-refractivity contribution in [2.75, 3.05) is 0 Å². The molecule has 3 rings (SSSR count). The first-order valence-corrected chi connectivity index (χ1v) is 9.33. The van der Waals surface area contributed by atoms with Crippen molar-refractivity contribution in [3.8, 4) is 11.7 Å². The fraction of sp³-hybridized carbons (Fsp3) is 0.350. The van der Waals surface area contributed by atoms with Gasteiger partial charge in [0.15, 0.2) is 5.82 Å². The average molecular weight is 434 g/mol. The van der Waals surface area contributed by atoms with Gasteiger partial charge in [-0.2, -0.15) is 23.0 Å². The number of aromatic nitrogens is 5. The summed E-state index contributed by atoms with van der Waals surface area (Å²) in [5, 5.41) is 6.69. The summed E-state index contributed by atoms with van der Waals surface area (Å²) in [5.41, 5.74) is -1.91. The van der Waals surface area contributed by atoms with Gasteiger partial charge in [-0.3, -0.25) is 4.79 Å². The summed E-state index contributed by atoms with van der Waals surface area (Å²) in [4.78, 5) is 25.0. The molecule has 0 saturated carbocycles. The van der Waals surface area contributed by atoms with Gasteiger partial charge in [0.1, 0.15) is 17.7 Å². The number of ether oxygens (including phenoxy) is 1. The third-order valence-electron chi connectivity index (χ3n) is 3.97. The first kappa shape index (κ1) is 22.2. The molecule has 1 atom stereocenters. The molecule has 0 aliphatic heterocycles.